The first-order valence-electron chi connectivity index (χ1n) is 6.77. The summed E-state index contributed by atoms with van der Waals surface area (Å²) < 4.78 is 37.4. The van der Waals surface area contributed by atoms with Gasteiger partial charge in [0, 0.05) is 19.5 Å². The zero-order chi connectivity index (χ0) is 15.6. The molecule has 0 saturated heterocycles. The fourth-order valence-electron chi connectivity index (χ4n) is 2.09. The van der Waals surface area contributed by atoms with Gasteiger partial charge in [0.2, 0.25) is 10.0 Å². The van der Waals surface area contributed by atoms with E-state index in [1.54, 1.807) is 6.07 Å². The molecule has 3 rings (SSSR count). The van der Waals surface area contributed by atoms with Gasteiger partial charge >= 0.3 is 0 Å². The van der Waals surface area contributed by atoms with Crippen LogP contribution in [0.15, 0.2) is 29.4 Å². The Labute approximate surface area is 128 Å². The number of hydrogen-bond acceptors (Lipinski definition) is 6. The number of aromatic nitrogens is 3. The predicted molar refractivity (Wildman–Crippen MR) is 77.1 cm³/mol. The number of sulfonamides is 1. The van der Waals surface area contributed by atoms with Gasteiger partial charge in [0.05, 0.1) is 24.7 Å². The van der Waals surface area contributed by atoms with Gasteiger partial charge in [-0.2, -0.15) is 9.40 Å². The van der Waals surface area contributed by atoms with Crippen LogP contribution in [0.3, 0.4) is 0 Å². The van der Waals surface area contributed by atoms with Gasteiger partial charge in [-0.15, -0.1) is 0 Å². The molecule has 0 saturated carbocycles. The van der Waals surface area contributed by atoms with Crippen molar-refractivity contribution in [1.29, 1.82) is 0 Å². The van der Waals surface area contributed by atoms with Crippen LogP contribution in [0.1, 0.15) is 12.2 Å². The molecule has 1 aromatic heterocycles. The molecule has 0 atom stereocenters. The van der Waals surface area contributed by atoms with E-state index in [0.717, 1.165) is 6.42 Å². The molecule has 8 nitrogen and oxygen atoms in total. The smallest absolute Gasteiger partial charge is 0.243 e. The second-order valence-corrected chi connectivity index (χ2v) is 6.90. The molecule has 1 aliphatic heterocycles. The number of fused-ring (bicyclic) bond motifs is 1. The first-order chi connectivity index (χ1) is 10.6. The Morgan fingerprint density at radius 2 is 2.05 bits per heavy atom. The highest BCUT2D eigenvalue weighted by Gasteiger charge is 2.24. The Bertz CT molecular complexity index is 745. The highest BCUT2D eigenvalue weighted by molar-refractivity contribution is 7.89. The van der Waals surface area contributed by atoms with Crippen molar-refractivity contribution in [3.63, 3.8) is 0 Å². The minimum atomic E-state index is -3.65. The second kappa shape index (κ2) is 5.93. The van der Waals surface area contributed by atoms with Crippen molar-refractivity contribution >= 4 is 10.0 Å². The van der Waals surface area contributed by atoms with E-state index >= 15 is 0 Å². The van der Waals surface area contributed by atoms with Crippen LogP contribution in [-0.2, 0) is 16.6 Å². The molecule has 118 valence electrons. The normalized spacial score (nSPS) is 14.8. The molecule has 0 aliphatic carbocycles. The number of benzene rings is 1. The lowest BCUT2D eigenvalue weighted by Crippen LogP contribution is -2.27. The summed E-state index contributed by atoms with van der Waals surface area (Å²) in [5.74, 6) is 1.49. The van der Waals surface area contributed by atoms with E-state index in [2.05, 4.69) is 15.2 Å². The third-order valence-corrected chi connectivity index (χ3v) is 5.06. The minimum Gasteiger partial charge on any atom is -0.490 e. The van der Waals surface area contributed by atoms with Gasteiger partial charge in [0.15, 0.2) is 11.5 Å². The molecule has 0 fully saturated rings. The molecule has 9 heteroatoms. The summed E-state index contributed by atoms with van der Waals surface area (Å²) in [7, 11) is -2.16. The molecule has 2 heterocycles. The largest absolute Gasteiger partial charge is 0.490 e. The maximum absolute atomic E-state index is 12.6. The summed E-state index contributed by atoms with van der Waals surface area (Å²) >= 11 is 0. The molecular weight excluding hydrogens is 308 g/mol. The van der Waals surface area contributed by atoms with Gasteiger partial charge in [-0.25, -0.2) is 13.4 Å². The molecule has 0 spiro atoms. The fourth-order valence-corrected chi connectivity index (χ4v) is 3.23. The first-order valence-corrected chi connectivity index (χ1v) is 8.21. The molecule has 0 amide bonds. The van der Waals surface area contributed by atoms with Crippen molar-refractivity contribution < 1.29 is 17.9 Å². The predicted octanol–water partition coefficient (Wildman–Crippen LogP) is 0.787. The quantitative estimate of drug-likeness (QED) is 0.893. The van der Waals surface area contributed by atoms with Crippen LogP contribution in [0.5, 0.6) is 11.5 Å². The Morgan fingerprint density at radius 1 is 1.27 bits per heavy atom. The summed E-state index contributed by atoms with van der Waals surface area (Å²) in [6.45, 7) is 1.17. The summed E-state index contributed by atoms with van der Waals surface area (Å²) in [5.41, 5.74) is 0. The van der Waals surface area contributed by atoms with Gasteiger partial charge in [-0.1, -0.05) is 0 Å². The van der Waals surface area contributed by atoms with Crippen LogP contribution in [0, 0.1) is 0 Å². The average Bonchev–Trinajstić information content (AvgIpc) is 2.89. The molecule has 0 bridgehead atoms. The lowest BCUT2D eigenvalue weighted by molar-refractivity contribution is 0.297. The highest BCUT2D eigenvalue weighted by Crippen LogP contribution is 2.32. The third kappa shape index (κ3) is 2.90. The van der Waals surface area contributed by atoms with E-state index in [1.807, 2.05) is 0 Å². The molecule has 0 unspecified atom stereocenters. The van der Waals surface area contributed by atoms with Crippen molar-refractivity contribution in [2.75, 3.05) is 20.3 Å². The van der Waals surface area contributed by atoms with Crippen LogP contribution in [-0.4, -0.2) is 48.2 Å². The topological polar surface area (TPSA) is 97.4 Å². The average molecular weight is 324 g/mol. The number of nitrogens with one attached hydrogen (secondary N) is 1. The fraction of sp³-hybridized carbons (Fsp3) is 0.385. The number of hydrogen-bond donors (Lipinski definition) is 1. The Balaban J connectivity index is 1.87. The van der Waals surface area contributed by atoms with Crippen molar-refractivity contribution in [2.24, 2.45) is 0 Å². The van der Waals surface area contributed by atoms with Gasteiger partial charge in [-0.3, -0.25) is 5.10 Å². The van der Waals surface area contributed by atoms with Crippen LogP contribution >= 0.6 is 0 Å². The number of aromatic amines is 1. The summed E-state index contributed by atoms with van der Waals surface area (Å²) in [6.07, 6.45) is 2.10. The van der Waals surface area contributed by atoms with Crippen LogP contribution in [0.2, 0.25) is 0 Å². The van der Waals surface area contributed by atoms with Gasteiger partial charge in [-0.05, 0) is 12.1 Å². The van der Waals surface area contributed by atoms with Gasteiger partial charge < -0.3 is 9.47 Å². The lowest BCUT2D eigenvalue weighted by Gasteiger charge is -2.17. The van der Waals surface area contributed by atoms with E-state index < -0.39 is 10.0 Å². The number of nitrogens with zero attached hydrogens (tertiary/aromatic N) is 3. The summed E-state index contributed by atoms with van der Waals surface area (Å²) in [4.78, 5) is 4.08. The zero-order valence-corrected chi connectivity index (χ0v) is 12.8. The maximum Gasteiger partial charge on any atom is 0.243 e. The Morgan fingerprint density at radius 3 is 2.77 bits per heavy atom. The molecule has 1 aliphatic rings. The number of ether oxygens (including phenoxy) is 2. The number of H-pyrrole nitrogens is 1. The number of rotatable bonds is 4. The standard InChI is InChI=1S/C13H16N4O4S/c1-17(8-13-14-9-15-16-13)22(18,19)10-3-4-11-12(7-10)21-6-2-5-20-11/h3-4,7,9H,2,5-6,8H2,1H3,(H,14,15,16). The molecule has 2 aromatic rings. The monoisotopic (exact) mass is 324 g/mol. The van der Waals surface area contributed by atoms with Crippen LogP contribution in [0.4, 0.5) is 0 Å². The zero-order valence-electron chi connectivity index (χ0n) is 12.0. The van der Waals surface area contributed by atoms with Gasteiger partial charge in [0.25, 0.3) is 0 Å². The van der Waals surface area contributed by atoms with Gasteiger partial charge in [0.1, 0.15) is 12.2 Å². The summed E-state index contributed by atoms with van der Waals surface area (Å²) in [5, 5.41) is 6.34. The molecule has 22 heavy (non-hydrogen) atoms. The molecular formula is C13H16N4O4S. The van der Waals surface area contributed by atoms with Crippen molar-refractivity contribution in [1.82, 2.24) is 19.5 Å². The Hall–Kier alpha value is -2.13. The molecule has 1 N–H and O–H groups in total. The maximum atomic E-state index is 12.6. The van der Waals surface area contributed by atoms with E-state index in [1.165, 1.54) is 29.8 Å². The molecule has 1 aromatic carbocycles. The van der Waals surface area contributed by atoms with E-state index in [0.29, 0.717) is 30.5 Å². The van der Waals surface area contributed by atoms with E-state index in [-0.39, 0.29) is 11.4 Å². The second-order valence-electron chi connectivity index (χ2n) is 4.85. The highest BCUT2D eigenvalue weighted by atomic mass is 32.2. The lowest BCUT2D eigenvalue weighted by atomic mass is 10.3. The van der Waals surface area contributed by atoms with Crippen LogP contribution < -0.4 is 9.47 Å². The van der Waals surface area contributed by atoms with E-state index in [9.17, 15) is 8.42 Å². The van der Waals surface area contributed by atoms with Crippen LogP contribution in [0.25, 0.3) is 0 Å². The third-order valence-electron chi connectivity index (χ3n) is 3.26. The van der Waals surface area contributed by atoms with E-state index in [4.69, 9.17) is 9.47 Å². The summed E-state index contributed by atoms with van der Waals surface area (Å²) in [6, 6.07) is 4.63. The molecule has 0 radical (unpaired) electrons. The SMILES string of the molecule is CN(Cc1ncn[nH]1)S(=O)(=O)c1ccc2c(c1)OCCCO2. The minimum absolute atomic E-state index is 0.108. The Kier molecular flexibility index (Phi) is 3.99. The van der Waals surface area contributed by atoms with Crippen molar-refractivity contribution in [3.8, 4) is 11.5 Å². The van der Waals surface area contributed by atoms with Crippen molar-refractivity contribution in [3.05, 3.63) is 30.4 Å². The first kappa shape index (κ1) is 14.8. The van der Waals surface area contributed by atoms with Crippen molar-refractivity contribution in [2.45, 2.75) is 17.9 Å².